The van der Waals surface area contributed by atoms with Crippen LogP contribution >= 0.6 is 27.7 Å². The van der Waals surface area contributed by atoms with Gasteiger partial charge in [0.05, 0.1) is 10.9 Å². The first-order chi connectivity index (χ1) is 10.6. The van der Waals surface area contributed by atoms with Crippen LogP contribution in [0.25, 0.3) is 5.70 Å². The van der Waals surface area contributed by atoms with Crippen LogP contribution in [-0.4, -0.2) is 11.0 Å². The van der Waals surface area contributed by atoms with Crippen molar-refractivity contribution in [3.8, 4) is 0 Å². The summed E-state index contributed by atoms with van der Waals surface area (Å²) in [5.74, 6) is 0.00557. The van der Waals surface area contributed by atoms with E-state index in [-0.39, 0.29) is 16.3 Å². The van der Waals surface area contributed by atoms with Gasteiger partial charge < -0.3 is 5.32 Å². The van der Waals surface area contributed by atoms with Crippen LogP contribution in [0.1, 0.15) is 26.7 Å². The number of amides is 1. The SMILES string of the molecule is O=C1NC2=C(C(=O)c3ccccc32)[C@H](c2ccc(Br)cc2)S1. The van der Waals surface area contributed by atoms with Gasteiger partial charge in [0.2, 0.25) is 0 Å². The zero-order chi connectivity index (χ0) is 15.3. The van der Waals surface area contributed by atoms with Crippen LogP contribution in [-0.2, 0) is 0 Å². The van der Waals surface area contributed by atoms with Crippen molar-refractivity contribution in [3.05, 3.63) is 75.3 Å². The molecule has 0 saturated heterocycles. The lowest BCUT2D eigenvalue weighted by atomic mass is 10.0. The van der Waals surface area contributed by atoms with Crippen molar-refractivity contribution in [2.24, 2.45) is 0 Å². The van der Waals surface area contributed by atoms with E-state index in [0.717, 1.165) is 27.4 Å². The largest absolute Gasteiger partial charge is 0.316 e. The summed E-state index contributed by atoms with van der Waals surface area (Å²) < 4.78 is 0.969. The normalized spacial score (nSPS) is 19.8. The number of fused-ring (bicyclic) bond motifs is 2. The standard InChI is InChI=1S/C17H10BrNO2S/c18-10-7-5-9(6-8-10)16-13-14(19-17(21)22-16)11-3-1-2-4-12(11)15(13)20/h1-8,16H,(H,19,21)/t16-/m0/s1. The van der Waals surface area contributed by atoms with E-state index < -0.39 is 0 Å². The highest BCUT2D eigenvalue weighted by atomic mass is 79.9. The molecular weight excluding hydrogens is 362 g/mol. The summed E-state index contributed by atoms with van der Waals surface area (Å²) in [6.45, 7) is 0. The molecule has 1 heterocycles. The van der Waals surface area contributed by atoms with Gasteiger partial charge in [-0.2, -0.15) is 0 Å². The van der Waals surface area contributed by atoms with Crippen molar-refractivity contribution in [2.45, 2.75) is 5.25 Å². The van der Waals surface area contributed by atoms with Gasteiger partial charge in [-0.3, -0.25) is 9.59 Å². The van der Waals surface area contributed by atoms with Gasteiger partial charge in [0.1, 0.15) is 0 Å². The maximum absolute atomic E-state index is 12.8. The number of ketones is 1. The Kier molecular flexibility index (Phi) is 3.20. The Morgan fingerprint density at radius 1 is 0.955 bits per heavy atom. The zero-order valence-corrected chi connectivity index (χ0v) is 13.7. The van der Waals surface area contributed by atoms with E-state index in [1.807, 2.05) is 48.5 Å². The van der Waals surface area contributed by atoms with Crippen molar-refractivity contribution >= 4 is 44.4 Å². The summed E-state index contributed by atoms with van der Waals surface area (Å²) >= 11 is 4.56. The van der Waals surface area contributed by atoms with Gasteiger partial charge in [-0.15, -0.1) is 0 Å². The number of Topliss-reactive ketones (excluding diaryl/α,β-unsaturated/α-hetero) is 1. The topological polar surface area (TPSA) is 46.2 Å². The molecule has 0 bridgehead atoms. The van der Waals surface area contributed by atoms with E-state index in [1.165, 1.54) is 0 Å². The van der Waals surface area contributed by atoms with Crippen LogP contribution < -0.4 is 5.32 Å². The second kappa shape index (κ2) is 5.11. The fourth-order valence-electron chi connectivity index (χ4n) is 2.86. The first-order valence-corrected chi connectivity index (χ1v) is 8.44. The maximum Gasteiger partial charge on any atom is 0.284 e. The molecule has 22 heavy (non-hydrogen) atoms. The van der Waals surface area contributed by atoms with Crippen molar-refractivity contribution in [1.82, 2.24) is 5.32 Å². The average Bonchev–Trinajstić information content (AvgIpc) is 2.81. The summed E-state index contributed by atoms with van der Waals surface area (Å²) in [4.78, 5) is 24.8. The van der Waals surface area contributed by atoms with Gasteiger partial charge in [0, 0.05) is 21.2 Å². The molecule has 0 radical (unpaired) electrons. The molecule has 1 atom stereocenters. The molecule has 1 aliphatic carbocycles. The maximum atomic E-state index is 12.8. The number of thioether (sulfide) groups is 1. The summed E-state index contributed by atoms with van der Waals surface area (Å²) in [6, 6.07) is 15.2. The third-order valence-corrected chi connectivity index (χ3v) is 5.43. The van der Waals surface area contributed by atoms with Crippen LogP contribution in [0.4, 0.5) is 4.79 Å². The molecule has 5 heteroatoms. The van der Waals surface area contributed by atoms with Gasteiger partial charge in [-0.25, -0.2) is 0 Å². The molecule has 4 rings (SSSR count). The fourth-order valence-corrected chi connectivity index (χ4v) is 4.13. The Morgan fingerprint density at radius 3 is 2.36 bits per heavy atom. The molecule has 108 valence electrons. The number of nitrogens with one attached hydrogen (secondary N) is 1. The number of rotatable bonds is 1. The summed E-state index contributed by atoms with van der Waals surface area (Å²) in [7, 11) is 0. The fraction of sp³-hybridized carbons (Fsp3) is 0.0588. The van der Waals surface area contributed by atoms with Crippen LogP contribution in [0.3, 0.4) is 0 Å². The molecule has 1 aliphatic heterocycles. The van der Waals surface area contributed by atoms with E-state index >= 15 is 0 Å². The molecule has 0 saturated carbocycles. The molecule has 3 nitrogen and oxygen atoms in total. The van der Waals surface area contributed by atoms with Crippen molar-refractivity contribution in [1.29, 1.82) is 0 Å². The van der Waals surface area contributed by atoms with Gasteiger partial charge in [-0.1, -0.05) is 64.1 Å². The molecule has 2 aromatic carbocycles. The Hall–Kier alpha value is -1.85. The number of benzene rings is 2. The van der Waals surface area contributed by atoms with Crippen molar-refractivity contribution < 1.29 is 9.59 Å². The third-order valence-electron chi connectivity index (χ3n) is 3.84. The lowest BCUT2D eigenvalue weighted by molar-refractivity contribution is 0.103. The molecule has 0 fully saturated rings. The molecule has 2 aliphatic rings. The lowest BCUT2D eigenvalue weighted by Gasteiger charge is -2.24. The summed E-state index contributed by atoms with van der Waals surface area (Å²) in [5, 5.41) is 2.45. The highest BCUT2D eigenvalue weighted by Gasteiger charge is 2.40. The Balaban J connectivity index is 1.88. The average molecular weight is 372 g/mol. The predicted molar refractivity (Wildman–Crippen MR) is 90.7 cm³/mol. The first-order valence-electron chi connectivity index (χ1n) is 6.76. The number of hydrogen-bond acceptors (Lipinski definition) is 3. The van der Waals surface area contributed by atoms with E-state index in [2.05, 4.69) is 21.2 Å². The molecule has 0 spiro atoms. The van der Waals surface area contributed by atoms with Crippen molar-refractivity contribution in [3.63, 3.8) is 0 Å². The Labute approximate surface area is 139 Å². The Morgan fingerprint density at radius 2 is 1.64 bits per heavy atom. The summed E-state index contributed by atoms with van der Waals surface area (Å²) in [6.07, 6.45) is 0. The minimum Gasteiger partial charge on any atom is -0.316 e. The van der Waals surface area contributed by atoms with Crippen LogP contribution in [0.15, 0.2) is 58.6 Å². The molecule has 1 N–H and O–H groups in total. The van der Waals surface area contributed by atoms with Crippen LogP contribution in [0.5, 0.6) is 0 Å². The molecule has 2 aromatic rings. The second-order valence-electron chi connectivity index (χ2n) is 5.13. The van der Waals surface area contributed by atoms with Crippen LogP contribution in [0.2, 0.25) is 0 Å². The summed E-state index contributed by atoms with van der Waals surface area (Å²) in [5.41, 5.74) is 3.78. The smallest absolute Gasteiger partial charge is 0.284 e. The third kappa shape index (κ3) is 2.04. The molecule has 0 unspecified atom stereocenters. The van der Waals surface area contributed by atoms with Gasteiger partial charge in [0.25, 0.3) is 5.24 Å². The number of halogens is 1. The Bertz CT molecular complexity index is 842. The van der Waals surface area contributed by atoms with Gasteiger partial charge >= 0.3 is 0 Å². The minimum atomic E-state index is -0.267. The zero-order valence-electron chi connectivity index (χ0n) is 11.3. The molecule has 0 aromatic heterocycles. The number of carbonyl (C=O) groups is 2. The van der Waals surface area contributed by atoms with E-state index in [1.54, 1.807) is 0 Å². The minimum absolute atomic E-state index is 0.00557. The van der Waals surface area contributed by atoms with Gasteiger partial charge in [-0.05, 0) is 17.7 Å². The van der Waals surface area contributed by atoms with Crippen LogP contribution in [0, 0.1) is 0 Å². The number of carbonyl (C=O) groups excluding carboxylic acids is 2. The molecule has 1 amide bonds. The quantitative estimate of drug-likeness (QED) is 0.799. The lowest BCUT2D eigenvalue weighted by Crippen LogP contribution is -2.25. The monoisotopic (exact) mass is 371 g/mol. The van der Waals surface area contributed by atoms with E-state index in [4.69, 9.17) is 0 Å². The van der Waals surface area contributed by atoms with Gasteiger partial charge in [0.15, 0.2) is 5.78 Å². The molecular formula is C17H10BrNO2S. The van der Waals surface area contributed by atoms with Crippen molar-refractivity contribution in [2.75, 3.05) is 0 Å². The van der Waals surface area contributed by atoms with E-state index in [0.29, 0.717) is 16.8 Å². The highest BCUT2D eigenvalue weighted by molar-refractivity contribution is 9.10. The highest BCUT2D eigenvalue weighted by Crippen LogP contribution is 2.48. The number of hydrogen-bond donors (Lipinski definition) is 1. The second-order valence-corrected chi connectivity index (χ2v) is 7.12. The predicted octanol–water partition coefficient (Wildman–Crippen LogP) is 4.55. The first kappa shape index (κ1) is 13.8. The van der Waals surface area contributed by atoms with E-state index in [9.17, 15) is 9.59 Å².